The van der Waals surface area contributed by atoms with Gasteiger partial charge < -0.3 is 19.7 Å². The Morgan fingerprint density at radius 3 is 2.61 bits per heavy atom. The van der Waals surface area contributed by atoms with Gasteiger partial charge in [-0.15, -0.1) is 0 Å². The molecule has 1 N–H and O–H groups in total. The maximum absolute atomic E-state index is 12.1. The summed E-state index contributed by atoms with van der Waals surface area (Å²) in [5.74, 6) is -0.501. The van der Waals surface area contributed by atoms with Crippen LogP contribution in [-0.2, 0) is 14.3 Å². The first-order chi connectivity index (χ1) is 13.5. The SMILES string of the molecule is CCCCOc1ccc(C(=O)NCC(=O)OCC(=O)N2CCCC[C@@H]2C)cc1. The van der Waals surface area contributed by atoms with Gasteiger partial charge in [-0.1, -0.05) is 13.3 Å². The number of nitrogens with zero attached hydrogens (tertiary/aromatic N) is 1. The van der Waals surface area contributed by atoms with Gasteiger partial charge in [-0.05, 0) is 56.9 Å². The molecule has 0 bridgehead atoms. The number of piperidine rings is 1. The molecule has 1 saturated heterocycles. The van der Waals surface area contributed by atoms with E-state index in [1.807, 2.05) is 6.92 Å². The number of carbonyl (C=O) groups is 3. The zero-order chi connectivity index (χ0) is 20.4. The van der Waals surface area contributed by atoms with Crippen LogP contribution >= 0.6 is 0 Å². The maximum atomic E-state index is 12.1. The van der Waals surface area contributed by atoms with Gasteiger partial charge in [0.05, 0.1) is 6.61 Å². The van der Waals surface area contributed by atoms with Crippen LogP contribution in [0.4, 0.5) is 0 Å². The number of unbranched alkanes of at least 4 members (excludes halogenated alkanes) is 1. The number of benzene rings is 1. The number of hydrogen-bond donors (Lipinski definition) is 1. The average molecular weight is 390 g/mol. The Balaban J connectivity index is 1.70. The van der Waals surface area contributed by atoms with Gasteiger partial charge in [0, 0.05) is 18.2 Å². The highest BCUT2D eigenvalue weighted by atomic mass is 16.5. The summed E-state index contributed by atoms with van der Waals surface area (Å²) in [6, 6.07) is 6.91. The van der Waals surface area contributed by atoms with Gasteiger partial charge in [0.1, 0.15) is 12.3 Å². The summed E-state index contributed by atoms with van der Waals surface area (Å²) in [5, 5.41) is 2.50. The van der Waals surface area contributed by atoms with Gasteiger partial charge in [0.25, 0.3) is 11.8 Å². The second-order valence-electron chi connectivity index (χ2n) is 7.00. The van der Waals surface area contributed by atoms with E-state index in [-0.39, 0.29) is 31.0 Å². The minimum absolute atomic E-state index is 0.175. The molecule has 0 aromatic heterocycles. The number of likely N-dealkylation sites (tertiary alicyclic amines) is 1. The first-order valence-corrected chi connectivity index (χ1v) is 9.97. The molecule has 1 aliphatic heterocycles. The van der Waals surface area contributed by atoms with E-state index in [0.29, 0.717) is 24.5 Å². The van der Waals surface area contributed by atoms with Crippen LogP contribution < -0.4 is 10.1 Å². The molecule has 0 spiro atoms. The van der Waals surface area contributed by atoms with E-state index in [9.17, 15) is 14.4 Å². The molecular formula is C21H30N2O5. The summed E-state index contributed by atoms with van der Waals surface area (Å²) in [6.07, 6.45) is 5.09. The number of carbonyl (C=O) groups excluding carboxylic acids is 3. The zero-order valence-corrected chi connectivity index (χ0v) is 16.7. The lowest BCUT2D eigenvalue weighted by molar-refractivity contribution is -0.152. The van der Waals surface area contributed by atoms with E-state index < -0.39 is 5.97 Å². The minimum atomic E-state index is -0.633. The first kappa shape index (κ1) is 21.7. The van der Waals surface area contributed by atoms with Crippen molar-refractivity contribution in [3.8, 4) is 5.75 Å². The second kappa shape index (κ2) is 11.3. The summed E-state index contributed by atoms with van der Waals surface area (Å²) in [4.78, 5) is 37.8. The van der Waals surface area contributed by atoms with E-state index in [1.54, 1.807) is 29.2 Å². The molecule has 0 saturated carbocycles. The molecule has 1 aromatic carbocycles. The quantitative estimate of drug-likeness (QED) is 0.517. The highest BCUT2D eigenvalue weighted by molar-refractivity contribution is 5.96. The van der Waals surface area contributed by atoms with Crippen molar-refractivity contribution < 1.29 is 23.9 Å². The van der Waals surface area contributed by atoms with Crippen LogP contribution in [-0.4, -0.2) is 55.0 Å². The molecule has 0 aliphatic carbocycles. The molecule has 1 heterocycles. The van der Waals surface area contributed by atoms with E-state index in [2.05, 4.69) is 12.2 Å². The third-order valence-electron chi connectivity index (χ3n) is 4.76. The summed E-state index contributed by atoms with van der Waals surface area (Å²) in [6.45, 7) is 4.86. The fraction of sp³-hybridized carbons (Fsp3) is 0.571. The van der Waals surface area contributed by atoms with Gasteiger partial charge in [-0.2, -0.15) is 0 Å². The number of hydrogen-bond acceptors (Lipinski definition) is 5. The molecule has 7 nitrogen and oxygen atoms in total. The van der Waals surface area contributed by atoms with E-state index in [0.717, 1.165) is 32.1 Å². The van der Waals surface area contributed by atoms with Gasteiger partial charge in [-0.3, -0.25) is 14.4 Å². The van der Waals surface area contributed by atoms with Crippen molar-refractivity contribution in [1.29, 1.82) is 0 Å². The van der Waals surface area contributed by atoms with Crippen molar-refractivity contribution in [2.45, 2.75) is 52.0 Å². The van der Waals surface area contributed by atoms with Gasteiger partial charge in [-0.25, -0.2) is 0 Å². The van der Waals surface area contributed by atoms with Crippen molar-refractivity contribution in [2.24, 2.45) is 0 Å². The Hall–Kier alpha value is -2.57. The van der Waals surface area contributed by atoms with Crippen LogP contribution in [0.15, 0.2) is 24.3 Å². The summed E-state index contributed by atoms with van der Waals surface area (Å²) >= 11 is 0. The predicted molar refractivity (Wildman–Crippen MR) is 105 cm³/mol. The Labute approximate surface area is 166 Å². The van der Waals surface area contributed by atoms with E-state index >= 15 is 0 Å². The van der Waals surface area contributed by atoms with Gasteiger partial charge in [0.2, 0.25) is 0 Å². The summed E-state index contributed by atoms with van der Waals surface area (Å²) in [5.41, 5.74) is 0.425. The lowest BCUT2D eigenvalue weighted by Crippen LogP contribution is -2.44. The molecule has 1 aliphatic rings. The van der Waals surface area contributed by atoms with Gasteiger partial charge in [0.15, 0.2) is 6.61 Å². The first-order valence-electron chi connectivity index (χ1n) is 9.97. The Bertz CT molecular complexity index is 659. The molecule has 0 unspecified atom stereocenters. The standard InChI is InChI=1S/C21H30N2O5/c1-3-4-13-27-18-10-8-17(9-11-18)21(26)22-14-20(25)28-15-19(24)23-12-6-5-7-16(23)2/h8-11,16H,3-7,12-15H2,1-2H3,(H,22,26)/t16-/m0/s1. The largest absolute Gasteiger partial charge is 0.494 e. The summed E-state index contributed by atoms with van der Waals surface area (Å²) < 4.78 is 10.6. The van der Waals surface area contributed by atoms with E-state index in [1.165, 1.54) is 0 Å². The number of ether oxygens (including phenoxy) is 2. The Morgan fingerprint density at radius 2 is 1.93 bits per heavy atom. The molecule has 1 fully saturated rings. The number of esters is 1. The van der Waals surface area contributed by atoms with E-state index in [4.69, 9.17) is 9.47 Å². The zero-order valence-electron chi connectivity index (χ0n) is 16.7. The molecule has 2 rings (SSSR count). The predicted octanol–water partition coefficient (Wildman–Crippen LogP) is 2.54. The highest BCUT2D eigenvalue weighted by Gasteiger charge is 2.23. The molecule has 28 heavy (non-hydrogen) atoms. The minimum Gasteiger partial charge on any atom is -0.494 e. The van der Waals surface area contributed by atoms with Crippen molar-refractivity contribution in [3.05, 3.63) is 29.8 Å². The number of nitrogens with one attached hydrogen (secondary N) is 1. The fourth-order valence-corrected chi connectivity index (χ4v) is 3.04. The normalized spacial score (nSPS) is 16.4. The lowest BCUT2D eigenvalue weighted by Gasteiger charge is -2.33. The molecule has 1 atom stereocenters. The maximum Gasteiger partial charge on any atom is 0.325 e. The van der Waals surface area contributed by atoms with Crippen LogP contribution in [0.5, 0.6) is 5.75 Å². The van der Waals surface area contributed by atoms with Crippen molar-refractivity contribution in [3.63, 3.8) is 0 Å². The van der Waals surface area contributed by atoms with Crippen molar-refractivity contribution in [1.82, 2.24) is 10.2 Å². The molecule has 2 amide bonds. The van der Waals surface area contributed by atoms with Crippen LogP contribution in [0.25, 0.3) is 0 Å². The Kier molecular flexibility index (Phi) is 8.78. The fourth-order valence-electron chi connectivity index (χ4n) is 3.04. The van der Waals surface area contributed by atoms with Crippen molar-refractivity contribution in [2.75, 3.05) is 26.3 Å². The third-order valence-corrected chi connectivity index (χ3v) is 4.76. The van der Waals surface area contributed by atoms with Crippen LogP contribution in [0.1, 0.15) is 56.3 Å². The number of amides is 2. The van der Waals surface area contributed by atoms with Crippen LogP contribution in [0, 0.1) is 0 Å². The molecule has 7 heteroatoms. The van der Waals surface area contributed by atoms with Crippen LogP contribution in [0.3, 0.4) is 0 Å². The highest BCUT2D eigenvalue weighted by Crippen LogP contribution is 2.16. The molecule has 154 valence electrons. The topological polar surface area (TPSA) is 84.9 Å². The van der Waals surface area contributed by atoms with Crippen molar-refractivity contribution >= 4 is 17.8 Å². The lowest BCUT2D eigenvalue weighted by atomic mass is 10.0. The molecule has 0 radical (unpaired) electrons. The second-order valence-corrected chi connectivity index (χ2v) is 7.00. The smallest absolute Gasteiger partial charge is 0.325 e. The third kappa shape index (κ3) is 6.87. The van der Waals surface area contributed by atoms with Crippen LogP contribution in [0.2, 0.25) is 0 Å². The monoisotopic (exact) mass is 390 g/mol. The average Bonchev–Trinajstić information content (AvgIpc) is 2.71. The number of rotatable bonds is 9. The molecule has 1 aromatic rings. The van der Waals surface area contributed by atoms with Gasteiger partial charge >= 0.3 is 5.97 Å². The Morgan fingerprint density at radius 1 is 1.18 bits per heavy atom. The summed E-state index contributed by atoms with van der Waals surface area (Å²) in [7, 11) is 0. The molecular weight excluding hydrogens is 360 g/mol.